The lowest BCUT2D eigenvalue weighted by atomic mass is 9.80. The molecule has 1 aromatic heterocycles. The van der Waals surface area contributed by atoms with Crippen molar-refractivity contribution in [3.8, 4) is 5.75 Å². The molecule has 296 valence electrons. The molecule has 1 N–H and O–H groups in total. The van der Waals surface area contributed by atoms with Crippen molar-refractivity contribution in [2.75, 3.05) is 44.7 Å². The van der Waals surface area contributed by atoms with E-state index in [1.54, 1.807) is 4.90 Å². The number of alkyl carbamates (subject to hydrolysis) is 1. The number of nitrogens with one attached hydrogen (secondary N) is 1. The highest BCUT2D eigenvalue weighted by molar-refractivity contribution is 6.37. The molecule has 14 heteroatoms. The Morgan fingerprint density at radius 3 is 2.35 bits per heavy atom. The van der Waals surface area contributed by atoms with Crippen molar-refractivity contribution in [2.24, 2.45) is 5.92 Å². The van der Waals surface area contributed by atoms with Crippen molar-refractivity contribution in [1.29, 1.82) is 0 Å². The van der Waals surface area contributed by atoms with E-state index in [9.17, 15) is 14.4 Å². The highest BCUT2D eigenvalue weighted by Crippen LogP contribution is 2.40. The Kier molecular flexibility index (Phi) is 12.9. The number of rotatable bonds is 11. The number of piperidine rings is 1. The minimum atomic E-state index is -0.668. The minimum Gasteiger partial charge on any atom is -0.485 e. The lowest BCUT2D eigenvalue weighted by Gasteiger charge is -2.40. The van der Waals surface area contributed by atoms with Crippen molar-refractivity contribution in [1.82, 2.24) is 20.1 Å². The number of ether oxygens (including phenoxy) is 3. The summed E-state index contributed by atoms with van der Waals surface area (Å²) < 4.78 is 17.2. The van der Waals surface area contributed by atoms with E-state index in [1.165, 1.54) is 7.05 Å². The molecule has 3 fully saturated rings. The number of carbonyl (C=O) groups is 3. The van der Waals surface area contributed by atoms with Gasteiger partial charge in [0.05, 0.1) is 29.1 Å². The number of benzene rings is 2. The largest absolute Gasteiger partial charge is 0.485 e. The van der Waals surface area contributed by atoms with Gasteiger partial charge >= 0.3 is 12.2 Å². The topological polar surface area (TPSA) is 114 Å². The standard InChI is InChI=1S/C41H50Cl3N5O6/c1-25-18-34(43)37(35(44)19-25)54-30-12-15-47(23-30)36-11-7-27(21-46-36)31-13-16-48(40(52)55-41(2,3)4)24-32(31)38(50)49(29-8-9-29)22-28-20-26(6-10-33(28)42)14-17-53-39(51)45-5/h6-7,10-11,18-21,29-32H,8-9,12-17,22-24H2,1-5H3,(H,45,51)/t30-,31+,32-/m1/s1. The summed E-state index contributed by atoms with van der Waals surface area (Å²) in [5.41, 5.74) is 3.02. The second kappa shape index (κ2) is 17.5. The van der Waals surface area contributed by atoms with Gasteiger partial charge in [-0.15, -0.1) is 0 Å². The summed E-state index contributed by atoms with van der Waals surface area (Å²) in [7, 11) is 1.52. The van der Waals surface area contributed by atoms with E-state index in [0.29, 0.717) is 53.3 Å². The monoisotopic (exact) mass is 813 g/mol. The average molecular weight is 815 g/mol. The fraction of sp³-hybridized carbons (Fsp3) is 0.512. The summed E-state index contributed by atoms with van der Waals surface area (Å²) in [5.74, 6) is 0.603. The van der Waals surface area contributed by atoms with Crippen LogP contribution in [0.3, 0.4) is 0 Å². The average Bonchev–Trinajstić information content (AvgIpc) is 3.88. The van der Waals surface area contributed by atoms with Gasteiger partial charge in [0.25, 0.3) is 0 Å². The number of aromatic nitrogens is 1. The molecule has 2 saturated heterocycles. The molecule has 1 aliphatic carbocycles. The molecule has 2 aliphatic heterocycles. The van der Waals surface area contributed by atoms with Crippen molar-refractivity contribution in [3.63, 3.8) is 0 Å². The number of pyridine rings is 1. The molecule has 0 unspecified atom stereocenters. The van der Waals surface area contributed by atoms with Gasteiger partial charge in [-0.25, -0.2) is 14.6 Å². The molecule has 6 rings (SSSR count). The summed E-state index contributed by atoms with van der Waals surface area (Å²) in [6.07, 6.45) is 4.52. The van der Waals surface area contributed by atoms with E-state index >= 15 is 0 Å². The van der Waals surface area contributed by atoms with Gasteiger partial charge in [0, 0.05) is 69.2 Å². The Hall–Kier alpha value is -3.93. The number of halogens is 3. The molecule has 3 atom stereocenters. The Bertz CT molecular complexity index is 1840. The van der Waals surface area contributed by atoms with E-state index in [0.717, 1.165) is 53.9 Å². The third-order valence-corrected chi connectivity index (χ3v) is 11.2. The van der Waals surface area contributed by atoms with Crippen LogP contribution in [0.5, 0.6) is 5.75 Å². The summed E-state index contributed by atoms with van der Waals surface area (Å²) in [6.45, 7) is 10.1. The van der Waals surface area contributed by atoms with Crippen molar-refractivity contribution in [3.05, 3.63) is 86.0 Å². The molecule has 11 nitrogen and oxygen atoms in total. The van der Waals surface area contributed by atoms with E-state index in [1.807, 2.05) is 75.2 Å². The smallest absolute Gasteiger partial charge is 0.410 e. The van der Waals surface area contributed by atoms with Crippen LogP contribution in [0.15, 0.2) is 48.7 Å². The van der Waals surface area contributed by atoms with Crippen LogP contribution >= 0.6 is 34.8 Å². The maximum absolute atomic E-state index is 14.8. The predicted molar refractivity (Wildman–Crippen MR) is 214 cm³/mol. The van der Waals surface area contributed by atoms with Gasteiger partial charge in [0.2, 0.25) is 5.91 Å². The van der Waals surface area contributed by atoms with Crippen LogP contribution in [0.4, 0.5) is 15.4 Å². The number of carbonyl (C=O) groups excluding carboxylic acids is 3. The van der Waals surface area contributed by atoms with Crippen molar-refractivity contribution in [2.45, 2.75) is 90.0 Å². The van der Waals surface area contributed by atoms with Gasteiger partial charge in [0.15, 0.2) is 5.75 Å². The summed E-state index contributed by atoms with van der Waals surface area (Å²) in [5, 5.41) is 4.00. The molecule has 0 bridgehead atoms. The Morgan fingerprint density at radius 2 is 1.69 bits per heavy atom. The first-order valence-electron chi connectivity index (χ1n) is 18.9. The molecule has 55 heavy (non-hydrogen) atoms. The predicted octanol–water partition coefficient (Wildman–Crippen LogP) is 8.44. The van der Waals surface area contributed by atoms with Crippen LogP contribution in [0.1, 0.15) is 74.6 Å². The van der Waals surface area contributed by atoms with Crippen LogP contribution in [0.2, 0.25) is 15.1 Å². The Morgan fingerprint density at radius 1 is 0.945 bits per heavy atom. The van der Waals surface area contributed by atoms with Crippen molar-refractivity contribution >= 4 is 58.7 Å². The molecule has 3 aromatic rings. The maximum atomic E-state index is 14.8. The lowest BCUT2D eigenvalue weighted by Crippen LogP contribution is -2.51. The number of aryl methyl sites for hydroxylation is 1. The first-order chi connectivity index (χ1) is 26.2. The van der Waals surface area contributed by atoms with Crippen LogP contribution in [0, 0.1) is 12.8 Å². The summed E-state index contributed by atoms with van der Waals surface area (Å²) >= 11 is 19.6. The van der Waals surface area contributed by atoms with Gasteiger partial charge in [-0.3, -0.25) is 4.79 Å². The van der Waals surface area contributed by atoms with Gasteiger partial charge in [-0.2, -0.15) is 0 Å². The van der Waals surface area contributed by atoms with Gasteiger partial charge in [0.1, 0.15) is 17.5 Å². The van der Waals surface area contributed by atoms with E-state index in [4.69, 9.17) is 54.0 Å². The Balaban J connectivity index is 1.19. The first-order valence-corrected chi connectivity index (χ1v) is 20.1. The second-order valence-electron chi connectivity index (χ2n) is 15.7. The minimum absolute atomic E-state index is 0.0257. The number of likely N-dealkylation sites (tertiary alicyclic amines) is 1. The van der Waals surface area contributed by atoms with Crippen LogP contribution < -0.4 is 15.0 Å². The fourth-order valence-electron chi connectivity index (χ4n) is 7.30. The molecule has 2 aromatic carbocycles. The van der Waals surface area contributed by atoms with Gasteiger partial charge in [-0.05, 0) is 93.5 Å². The molecule has 3 amide bonds. The molecule has 0 radical (unpaired) electrons. The quantitative estimate of drug-likeness (QED) is 0.205. The third-order valence-electron chi connectivity index (χ3n) is 10.2. The van der Waals surface area contributed by atoms with E-state index < -0.39 is 23.7 Å². The molecular weight excluding hydrogens is 765 g/mol. The number of hydrogen-bond acceptors (Lipinski definition) is 8. The van der Waals surface area contributed by atoms with Gasteiger partial charge < -0.3 is 34.2 Å². The van der Waals surface area contributed by atoms with Crippen molar-refractivity contribution < 1.29 is 28.6 Å². The molecular formula is C41H50Cl3N5O6. The molecule has 3 aliphatic rings. The van der Waals surface area contributed by atoms with E-state index in [-0.39, 0.29) is 37.1 Å². The number of hydrogen-bond donors (Lipinski definition) is 1. The molecule has 0 spiro atoms. The second-order valence-corrected chi connectivity index (χ2v) is 16.9. The zero-order valence-electron chi connectivity index (χ0n) is 32.1. The molecule has 3 heterocycles. The summed E-state index contributed by atoms with van der Waals surface area (Å²) in [6, 6.07) is 13.5. The normalized spacial score (nSPS) is 19.9. The zero-order chi connectivity index (χ0) is 39.4. The van der Waals surface area contributed by atoms with Gasteiger partial charge in [-0.1, -0.05) is 53.0 Å². The number of amides is 3. The lowest BCUT2D eigenvalue weighted by molar-refractivity contribution is -0.139. The maximum Gasteiger partial charge on any atom is 0.410 e. The SMILES string of the molecule is CNC(=O)OCCc1ccc(Cl)c(CN(C(=O)[C@@H]2CN(C(=O)OC(C)(C)C)CC[C@H]2c2ccc(N3CC[C@@H](Oc4c(Cl)cc(C)cc4Cl)C3)nc2)C2CC2)c1. The summed E-state index contributed by atoms with van der Waals surface area (Å²) in [4.78, 5) is 50.3. The number of anilines is 1. The Labute approximate surface area is 338 Å². The van der Waals surface area contributed by atoms with Crippen LogP contribution in [-0.4, -0.2) is 90.5 Å². The third kappa shape index (κ3) is 10.5. The highest BCUT2D eigenvalue weighted by Gasteiger charge is 2.43. The zero-order valence-corrected chi connectivity index (χ0v) is 34.3. The number of nitrogens with zero attached hydrogens (tertiary/aromatic N) is 4. The first kappa shape index (κ1) is 40.7. The molecule has 1 saturated carbocycles. The van der Waals surface area contributed by atoms with Crippen LogP contribution in [-0.2, 0) is 27.2 Å². The van der Waals surface area contributed by atoms with E-state index in [2.05, 4.69) is 16.3 Å². The highest BCUT2D eigenvalue weighted by atomic mass is 35.5. The fourth-order valence-corrected chi connectivity index (χ4v) is 8.17. The van der Waals surface area contributed by atoms with Crippen LogP contribution in [0.25, 0.3) is 0 Å².